The molecule has 0 aromatic carbocycles. The van der Waals surface area contributed by atoms with Gasteiger partial charge in [0.15, 0.2) is 0 Å². The minimum absolute atomic E-state index is 1.09. The number of allylic oxidation sites excluding steroid dienone is 2. The lowest BCUT2D eigenvalue weighted by atomic mass is 10.2. The molecule has 0 saturated carbocycles. The first-order valence-electron chi connectivity index (χ1n) is 4.95. The van der Waals surface area contributed by atoms with Crippen LogP contribution in [0.1, 0.15) is 26.2 Å². The van der Waals surface area contributed by atoms with Crippen molar-refractivity contribution in [2.24, 2.45) is 0 Å². The van der Waals surface area contributed by atoms with Crippen LogP contribution in [0.2, 0.25) is 0 Å². The van der Waals surface area contributed by atoms with Gasteiger partial charge < -0.3 is 0 Å². The van der Waals surface area contributed by atoms with Crippen LogP contribution in [0.25, 0.3) is 0 Å². The Balaban J connectivity index is 2.29. The number of unbranched alkanes of at least 4 members (excludes halogenated alkanes) is 2. The first-order valence-corrected chi connectivity index (χ1v) is 4.95. The Morgan fingerprint density at radius 3 is 2.67 bits per heavy atom. The van der Waals surface area contributed by atoms with Gasteiger partial charge in [0.2, 0.25) is 0 Å². The van der Waals surface area contributed by atoms with Crippen LogP contribution < -0.4 is 0 Å². The Morgan fingerprint density at radius 2 is 2.08 bits per heavy atom. The molecule has 1 heteroatoms. The largest absolute Gasteiger partial charge is 0.296 e. The summed E-state index contributed by atoms with van der Waals surface area (Å²) in [6, 6.07) is 0. The summed E-state index contributed by atoms with van der Waals surface area (Å²) in [6.07, 6.45) is 12.9. The molecule has 1 atom stereocenters. The number of quaternary nitrogens is 1. The summed E-state index contributed by atoms with van der Waals surface area (Å²) < 4.78 is 1.09. The van der Waals surface area contributed by atoms with Crippen LogP contribution >= 0.6 is 0 Å². The second kappa shape index (κ2) is 4.46. The molecule has 12 heavy (non-hydrogen) atoms. The van der Waals surface area contributed by atoms with Gasteiger partial charge in [-0.15, -0.1) is 0 Å². The lowest BCUT2D eigenvalue weighted by molar-refractivity contribution is -0.854. The molecule has 0 fully saturated rings. The van der Waals surface area contributed by atoms with Crippen molar-refractivity contribution in [3.8, 4) is 0 Å². The number of hydrogen-bond acceptors (Lipinski definition) is 0. The van der Waals surface area contributed by atoms with Gasteiger partial charge in [-0.2, -0.15) is 0 Å². The summed E-state index contributed by atoms with van der Waals surface area (Å²) in [6.45, 7) is 4.71. The molecule has 0 radical (unpaired) electrons. The summed E-state index contributed by atoms with van der Waals surface area (Å²) in [4.78, 5) is 0. The van der Waals surface area contributed by atoms with E-state index in [2.05, 4.69) is 38.4 Å². The highest BCUT2D eigenvalue weighted by atomic mass is 15.3. The molecule has 0 bridgehead atoms. The van der Waals surface area contributed by atoms with E-state index in [0.29, 0.717) is 0 Å². The molecule has 1 aliphatic rings. The molecule has 1 heterocycles. The van der Waals surface area contributed by atoms with E-state index in [9.17, 15) is 0 Å². The number of nitrogens with zero attached hydrogens (tertiary/aromatic N) is 1. The lowest BCUT2D eigenvalue weighted by Crippen LogP contribution is -2.40. The van der Waals surface area contributed by atoms with E-state index in [1.54, 1.807) is 0 Å². The van der Waals surface area contributed by atoms with Gasteiger partial charge in [0, 0.05) is 0 Å². The Bertz CT molecular complexity index is 181. The molecule has 68 valence electrons. The zero-order valence-electron chi connectivity index (χ0n) is 8.29. The van der Waals surface area contributed by atoms with Crippen molar-refractivity contribution in [1.29, 1.82) is 0 Å². The van der Waals surface area contributed by atoms with Crippen LogP contribution in [0.5, 0.6) is 0 Å². The molecule has 1 rings (SSSR count). The van der Waals surface area contributed by atoms with E-state index >= 15 is 0 Å². The molecular formula is C11H20N+. The molecule has 0 saturated heterocycles. The SMILES string of the molecule is CCCCC[N+]1(C)C=CC=CC1. The Labute approximate surface area is 76.0 Å². The average Bonchev–Trinajstić information content (AvgIpc) is 2.06. The van der Waals surface area contributed by atoms with Crippen LogP contribution in [-0.2, 0) is 0 Å². The molecule has 1 unspecified atom stereocenters. The van der Waals surface area contributed by atoms with Gasteiger partial charge in [0.05, 0.1) is 19.8 Å². The van der Waals surface area contributed by atoms with Crippen LogP contribution in [-0.4, -0.2) is 24.6 Å². The third-order valence-electron chi connectivity index (χ3n) is 2.49. The third-order valence-corrected chi connectivity index (χ3v) is 2.49. The summed E-state index contributed by atoms with van der Waals surface area (Å²) >= 11 is 0. The topological polar surface area (TPSA) is 0 Å². The van der Waals surface area contributed by atoms with Gasteiger partial charge in [0.1, 0.15) is 6.54 Å². The van der Waals surface area contributed by atoms with Crippen LogP contribution in [0.4, 0.5) is 0 Å². The summed E-state index contributed by atoms with van der Waals surface area (Å²) in [5.74, 6) is 0. The average molecular weight is 166 g/mol. The quantitative estimate of drug-likeness (QED) is 0.445. The maximum absolute atomic E-state index is 2.30. The number of hydrogen-bond donors (Lipinski definition) is 0. The van der Waals surface area contributed by atoms with E-state index in [-0.39, 0.29) is 0 Å². The van der Waals surface area contributed by atoms with Crippen molar-refractivity contribution in [2.75, 3.05) is 20.1 Å². The molecule has 0 amide bonds. The van der Waals surface area contributed by atoms with Gasteiger partial charge in [-0.25, -0.2) is 0 Å². The van der Waals surface area contributed by atoms with Crippen LogP contribution in [0.3, 0.4) is 0 Å². The van der Waals surface area contributed by atoms with Crippen molar-refractivity contribution in [2.45, 2.75) is 26.2 Å². The highest BCUT2D eigenvalue weighted by molar-refractivity contribution is 5.03. The molecule has 0 aromatic heterocycles. The minimum Gasteiger partial charge on any atom is -0.296 e. The highest BCUT2D eigenvalue weighted by Gasteiger charge is 2.16. The van der Waals surface area contributed by atoms with E-state index in [1.807, 2.05) is 0 Å². The third kappa shape index (κ3) is 2.82. The molecule has 0 N–H and O–H groups in total. The fraction of sp³-hybridized carbons (Fsp3) is 0.636. The van der Waals surface area contributed by atoms with Crippen molar-refractivity contribution >= 4 is 0 Å². The number of likely N-dealkylation sites (N-methyl/N-ethyl adjacent to an activating group) is 1. The Hall–Kier alpha value is -0.560. The molecule has 1 nitrogen and oxygen atoms in total. The van der Waals surface area contributed by atoms with E-state index in [0.717, 1.165) is 4.48 Å². The van der Waals surface area contributed by atoms with Gasteiger partial charge in [-0.05, 0) is 25.0 Å². The summed E-state index contributed by atoms with van der Waals surface area (Å²) in [7, 11) is 2.30. The molecule has 1 aliphatic heterocycles. The Morgan fingerprint density at radius 1 is 1.25 bits per heavy atom. The second-order valence-electron chi connectivity index (χ2n) is 3.86. The maximum Gasteiger partial charge on any atom is 0.102 e. The van der Waals surface area contributed by atoms with Crippen LogP contribution in [0, 0.1) is 0 Å². The second-order valence-corrected chi connectivity index (χ2v) is 3.86. The van der Waals surface area contributed by atoms with Gasteiger partial charge in [0.25, 0.3) is 0 Å². The normalized spacial score (nSPS) is 27.8. The molecular weight excluding hydrogens is 146 g/mol. The first-order chi connectivity index (χ1) is 5.77. The van der Waals surface area contributed by atoms with Crippen LogP contribution in [0.15, 0.2) is 24.4 Å². The maximum atomic E-state index is 2.30. The monoisotopic (exact) mass is 166 g/mol. The molecule has 0 aromatic rings. The smallest absolute Gasteiger partial charge is 0.102 e. The van der Waals surface area contributed by atoms with E-state index in [1.165, 1.54) is 32.4 Å². The van der Waals surface area contributed by atoms with Crippen molar-refractivity contribution in [3.05, 3.63) is 24.4 Å². The Kier molecular flexibility index (Phi) is 3.54. The van der Waals surface area contributed by atoms with Gasteiger partial charge >= 0.3 is 0 Å². The fourth-order valence-corrected chi connectivity index (χ4v) is 1.59. The zero-order chi connectivity index (χ0) is 8.86. The molecule has 0 aliphatic carbocycles. The summed E-state index contributed by atoms with van der Waals surface area (Å²) in [5.41, 5.74) is 0. The minimum atomic E-state index is 1.09. The van der Waals surface area contributed by atoms with Crippen molar-refractivity contribution in [1.82, 2.24) is 0 Å². The van der Waals surface area contributed by atoms with Gasteiger partial charge in [-0.3, -0.25) is 4.48 Å². The predicted molar refractivity (Wildman–Crippen MR) is 53.7 cm³/mol. The van der Waals surface area contributed by atoms with Gasteiger partial charge in [-0.1, -0.05) is 19.4 Å². The zero-order valence-corrected chi connectivity index (χ0v) is 8.29. The standard InChI is InChI=1S/C11H20N/c1-3-4-6-9-12(2)10-7-5-8-11-12/h5,7-8,10H,3-4,6,9,11H2,1-2H3/q+1. The summed E-state index contributed by atoms with van der Waals surface area (Å²) in [5, 5.41) is 0. The van der Waals surface area contributed by atoms with Crippen molar-refractivity contribution < 1.29 is 4.48 Å². The highest BCUT2D eigenvalue weighted by Crippen LogP contribution is 2.11. The van der Waals surface area contributed by atoms with E-state index < -0.39 is 0 Å². The van der Waals surface area contributed by atoms with E-state index in [4.69, 9.17) is 0 Å². The lowest BCUT2D eigenvalue weighted by Gasteiger charge is -2.30. The molecule has 0 spiro atoms. The van der Waals surface area contributed by atoms with Crippen molar-refractivity contribution in [3.63, 3.8) is 0 Å². The fourth-order valence-electron chi connectivity index (χ4n) is 1.59. The first kappa shape index (κ1) is 9.53. The predicted octanol–water partition coefficient (Wildman–Crippen LogP) is 2.71. The number of rotatable bonds is 4.